The van der Waals surface area contributed by atoms with Crippen LogP contribution in [0.25, 0.3) is 0 Å². The monoisotopic (exact) mass is 205 g/mol. The van der Waals surface area contributed by atoms with Crippen LogP contribution in [0.4, 0.5) is 0 Å². The summed E-state index contributed by atoms with van der Waals surface area (Å²) in [4.78, 5) is 0. The van der Waals surface area contributed by atoms with Crippen molar-refractivity contribution in [2.75, 3.05) is 0 Å². The Labute approximate surface area is 88.7 Å². The molecule has 4 heteroatoms. The van der Waals surface area contributed by atoms with Gasteiger partial charge in [0.2, 0.25) is 0 Å². The molecule has 0 aliphatic heterocycles. The maximum absolute atomic E-state index is 6.01. The molecule has 0 radical (unpaired) electrons. The molecule has 0 amide bonds. The lowest BCUT2D eigenvalue weighted by Gasteiger charge is -2.07. The summed E-state index contributed by atoms with van der Waals surface area (Å²) >= 11 is 0. The molecule has 2 heterocycles. The highest BCUT2D eigenvalue weighted by molar-refractivity contribution is 5.12. The van der Waals surface area contributed by atoms with Crippen molar-refractivity contribution in [2.45, 2.75) is 18.9 Å². The van der Waals surface area contributed by atoms with E-state index in [9.17, 15) is 0 Å². The quantitative estimate of drug-likeness (QED) is 0.825. The zero-order chi connectivity index (χ0) is 10.7. The Morgan fingerprint density at radius 3 is 3.07 bits per heavy atom. The Kier molecular flexibility index (Phi) is 2.87. The van der Waals surface area contributed by atoms with Gasteiger partial charge >= 0.3 is 0 Å². The van der Waals surface area contributed by atoms with Gasteiger partial charge in [0.25, 0.3) is 0 Å². The van der Waals surface area contributed by atoms with Crippen LogP contribution >= 0.6 is 0 Å². The molecule has 0 aliphatic carbocycles. The number of hydrogen-bond acceptors (Lipinski definition) is 3. The summed E-state index contributed by atoms with van der Waals surface area (Å²) in [5, 5.41) is 4.11. The highest BCUT2D eigenvalue weighted by atomic mass is 16.3. The first kappa shape index (κ1) is 9.98. The molecular formula is C11H15N3O. The van der Waals surface area contributed by atoms with Crippen LogP contribution in [-0.2, 0) is 13.5 Å². The third-order valence-corrected chi connectivity index (χ3v) is 2.47. The van der Waals surface area contributed by atoms with Crippen LogP contribution in [0.2, 0.25) is 0 Å². The molecule has 2 rings (SSSR count). The second kappa shape index (κ2) is 4.31. The molecular weight excluding hydrogens is 190 g/mol. The van der Waals surface area contributed by atoms with E-state index in [4.69, 9.17) is 10.2 Å². The predicted molar refractivity (Wildman–Crippen MR) is 57.2 cm³/mol. The summed E-state index contributed by atoms with van der Waals surface area (Å²) in [6, 6.07) is 1.96. The van der Waals surface area contributed by atoms with E-state index in [-0.39, 0.29) is 6.04 Å². The molecule has 0 aromatic carbocycles. The summed E-state index contributed by atoms with van der Waals surface area (Å²) in [7, 11) is 1.92. The molecule has 1 unspecified atom stereocenters. The number of aryl methyl sites for hydroxylation is 2. The van der Waals surface area contributed by atoms with Gasteiger partial charge in [0, 0.05) is 24.8 Å². The van der Waals surface area contributed by atoms with Gasteiger partial charge in [-0.2, -0.15) is 5.10 Å². The standard InChI is InChI=1S/C11H15N3O/c1-14-7-9(6-13-14)2-3-11(12)10-4-5-15-8-10/h4-8,11H,2-3,12H2,1H3. The first-order chi connectivity index (χ1) is 7.25. The van der Waals surface area contributed by atoms with E-state index in [1.54, 1.807) is 17.2 Å². The van der Waals surface area contributed by atoms with Crippen molar-refractivity contribution in [3.8, 4) is 0 Å². The summed E-state index contributed by atoms with van der Waals surface area (Å²) in [5.41, 5.74) is 8.28. The highest BCUT2D eigenvalue weighted by Gasteiger charge is 2.07. The molecule has 80 valence electrons. The van der Waals surface area contributed by atoms with Crippen molar-refractivity contribution in [1.29, 1.82) is 0 Å². The first-order valence-corrected chi connectivity index (χ1v) is 5.01. The minimum absolute atomic E-state index is 0.0453. The molecule has 0 spiro atoms. The molecule has 15 heavy (non-hydrogen) atoms. The molecule has 2 N–H and O–H groups in total. The highest BCUT2D eigenvalue weighted by Crippen LogP contribution is 2.16. The van der Waals surface area contributed by atoms with Gasteiger partial charge in [-0.25, -0.2) is 0 Å². The fraction of sp³-hybridized carbons (Fsp3) is 0.364. The van der Waals surface area contributed by atoms with Crippen molar-refractivity contribution in [2.24, 2.45) is 12.8 Å². The van der Waals surface area contributed by atoms with Crippen molar-refractivity contribution >= 4 is 0 Å². The average molecular weight is 205 g/mol. The lowest BCUT2D eigenvalue weighted by atomic mass is 10.0. The van der Waals surface area contributed by atoms with Crippen LogP contribution in [0.5, 0.6) is 0 Å². The molecule has 0 aliphatic rings. The van der Waals surface area contributed by atoms with E-state index in [1.165, 1.54) is 5.56 Å². The maximum atomic E-state index is 6.01. The van der Waals surface area contributed by atoms with Crippen molar-refractivity contribution in [3.63, 3.8) is 0 Å². The Morgan fingerprint density at radius 1 is 1.60 bits per heavy atom. The number of rotatable bonds is 4. The molecule has 1 atom stereocenters. The number of nitrogens with two attached hydrogens (primary N) is 1. The van der Waals surface area contributed by atoms with Gasteiger partial charge in [-0.05, 0) is 24.5 Å². The molecule has 2 aromatic rings. The lowest BCUT2D eigenvalue weighted by molar-refractivity contribution is 0.554. The van der Waals surface area contributed by atoms with Crippen LogP contribution in [0.1, 0.15) is 23.6 Å². The van der Waals surface area contributed by atoms with Crippen molar-refractivity contribution in [1.82, 2.24) is 9.78 Å². The van der Waals surface area contributed by atoms with Gasteiger partial charge < -0.3 is 10.2 Å². The molecule has 4 nitrogen and oxygen atoms in total. The Balaban J connectivity index is 1.88. The van der Waals surface area contributed by atoms with Crippen molar-refractivity contribution in [3.05, 3.63) is 42.1 Å². The topological polar surface area (TPSA) is 57.0 Å². The Hall–Kier alpha value is -1.55. The minimum Gasteiger partial charge on any atom is -0.472 e. The first-order valence-electron chi connectivity index (χ1n) is 5.01. The summed E-state index contributed by atoms with van der Waals surface area (Å²) in [6.45, 7) is 0. The normalized spacial score (nSPS) is 12.9. The summed E-state index contributed by atoms with van der Waals surface area (Å²) in [5.74, 6) is 0. The van der Waals surface area contributed by atoms with Gasteiger partial charge in [0.1, 0.15) is 0 Å². The molecule has 0 saturated heterocycles. The van der Waals surface area contributed by atoms with Gasteiger partial charge in [-0.1, -0.05) is 0 Å². The third kappa shape index (κ3) is 2.47. The van der Waals surface area contributed by atoms with E-state index < -0.39 is 0 Å². The number of furan rings is 1. The van der Waals surface area contributed by atoms with E-state index >= 15 is 0 Å². The van der Waals surface area contributed by atoms with Crippen LogP contribution in [0.3, 0.4) is 0 Å². The number of aromatic nitrogens is 2. The van der Waals surface area contributed by atoms with Crippen LogP contribution < -0.4 is 5.73 Å². The Morgan fingerprint density at radius 2 is 2.47 bits per heavy atom. The predicted octanol–water partition coefficient (Wildman–Crippen LogP) is 1.65. The molecule has 0 fully saturated rings. The molecule has 2 aromatic heterocycles. The zero-order valence-electron chi connectivity index (χ0n) is 8.76. The summed E-state index contributed by atoms with van der Waals surface area (Å²) in [6.07, 6.45) is 9.10. The molecule has 0 bridgehead atoms. The fourth-order valence-electron chi connectivity index (χ4n) is 1.58. The number of hydrogen-bond donors (Lipinski definition) is 1. The summed E-state index contributed by atoms with van der Waals surface area (Å²) < 4.78 is 6.80. The van der Waals surface area contributed by atoms with Gasteiger partial charge in [-0.3, -0.25) is 4.68 Å². The van der Waals surface area contributed by atoms with Crippen LogP contribution in [-0.4, -0.2) is 9.78 Å². The SMILES string of the molecule is Cn1cc(CCC(N)c2ccoc2)cn1. The van der Waals surface area contributed by atoms with Crippen molar-refractivity contribution < 1.29 is 4.42 Å². The van der Waals surface area contributed by atoms with E-state index in [0.717, 1.165) is 18.4 Å². The van der Waals surface area contributed by atoms with E-state index in [1.807, 2.05) is 25.5 Å². The minimum atomic E-state index is 0.0453. The van der Waals surface area contributed by atoms with Gasteiger partial charge in [-0.15, -0.1) is 0 Å². The Bertz CT molecular complexity index is 405. The second-order valence-corrected chi connectivity index (χ2v) is 3.72. The number of nitrogens with zero attached hydrogens (tertiary/aromatic N) is 2. The van der Waals surface area contributed by atoms with Crippen LogP contribution in [0.15, 0.2) is 35.4 Å². The van der Waals surface area contributed by atoms with E-state index in [0.29, 0.717) is 0 Å². The van der Waals surface area contributed by atoms with Gasteiger partial charge in [0.15, 0.2) is 0 Å². The van der Waals surface area contributed by atoms with E-state index in [2.05, 4.69) is 5.10 Å². The lowest BCUT2D eigenvalue weighted by Crippen LogP contribution is -2.10. The zero-order valence-corrected chi connectivity index (χ0v) is 8.76. The second-order valence-electron chi connectivity index (χ2n) is 3.72. The third-order valence-electron chi connectivity index (χ3n) is 2.47. The smallest absolute Gasteiger partial charge is 0.0950 e. The largest absolute Gasteiger partial charge is 0.472 e. The fourth-order valence-corrected chi connectivity index (χ4v) is 1.58. The van der Waals surface area contributed by atoms with Gasteiger partial charge in [0.05, 0.1) is 18.7 Å². The maximum Gasteiger partial charge on any atom is 0.0950 e. The molecule has 0 saturated carbocycles. The van der Waals surface area contributed by atoms with Crippen LogP contribution in [0, 0.1) is 0 Å². The average Bonchev–Trinajstić information content (AvgIpc) is 2.84.